The smallest absolute Gasteiger partial charge is 0.124 e. The summed E-state index contributed by atoms with van der Waals surface area (Å²) >= 11 is 1.73. The van der Waals surface area contributed by atoms with E-state index in [1.165, 1.54) is 33.4 Å². The Kier molecular flexibility index (Phi) is 3.64. The Balaban J connectivity index is 2.13. The summed E-state index contributed by atoms with van der Waals surface area (Å²) in [6.45, 7) is 8.62. The van der Waals surface area contributed by atoms with E-state index in [0.29, 0.717) is 0 Å². The molecule has 2 aromatic carbocycles. The second-order valence-corrected chi connectivity index (χ2v) is 6.43. The van der Waals surface area contributed by atoms with Crippen molar-refractivity contribution >= 4 is 11.3 Å². The molecule has 1 nitrogen and oxygen atoms in total. The minimum atomic E-state index is 1.09. The van der Waals surface area contributed by atoms with Gasteiger partial charge in [0.15, 0.2) is 0 Å². The van der Waals surface area contributed by atoms with Gasteiger partial charge in [-0.2, -0.15) is 0 Å². The van der Waals surface area contributed by atoms with Crippen LogP contribution >= 0.6 is 11.3 Å². The normalized spacial score (nSPS) is 10.9. The monoisotopic (exact) mass is 293 g/mol. The SMILES string of the molecule is Cc1cccc(C)c1-c1csc(-c2c(C)cccc2C)n1. The summed E-state index contributed by atoms with van der Waals surface area (Å²) in [5.41, 5.74) is 8.79. The number of thiazole rings is 1. The van der Waals surface area contributed by atoms with Crippen molar-refractivity contribution in [1.82, 2.24) is 4.98 Å². The van der Waals surface area contributed by atoms with Crippen LogP contribution in [0.3, 0.4) is 0 Å². The molecule has 0 amide bonds. The summed E-state index contributed by atoms with van der Waals surface area (Å²) in [7, 11) is 0. The Morgan fingerprint density at radius 3 is 1.71 bits per heavy atom. The zero-order chi connectivity index (χ0) is 15.0. The standard InChI is InChI=1S/C19H19NS/c1-12-7-5-8-13(2)17(12)16-11-21-19(20-16)18-14(3)9-6-10-15(18)4/h5-11H,1-4H3. The fourth-order valence-corrected chi connectivity index (χ4v) is 3.86. The molecule has 0 aliphatic heterocycles. The van der Waals surface area contributed by atoms with Crippen molar-refractivity contribution in [3.8, 4) is 21.8 Å². The van der Waals surface area contributed by atoms with E-state index in [9.17, 15) is 0 Å². The van der Waals surface area contributed by atoms with Crippen LogP contribution in [0.5, 0.6) is 0 Å². The lowest BCUT2D eigenvalue weighted by Crippen LogP contribution is -1.90. The third-order valence-electron chi connectivity index (χ3n) is 3.94. The van der Waals surface area contributed by atoms with Crippen molar-refractivity contribution in [3.05, 3.63) is 64.0 Å². The fraction of sp³-hybridized carbons (Fsp3) is 0.211. The van der Waals surface area contributed by atoms with Crippen LogP contribution in [0.1, 0.15) is 22.3 Å². The molecule has 0 atom stereocenters. The highest BCUT2D eigenvalue weighted by molar-refractivity contribution is 7.13. The van der Waals surface area contributed by atoms with E-state index in [-0.39, 0.29) is 0 Å². The Bertz CT molecular complexity index is 693. The quantitative estimate of drug-likeness (QED) is 0.589. The molecule has 2 heteroatoms. The molecule has 0 saturated heterocycles. The second-order valence-electron chi connectivity index (χ2n) is 5.57. The van der Waals surface area contributed by atoms with Gasteiger partial charge in [0.2, 0.25) is 0 Å². The van der Waals surface area contributed by atoms with Gasteiger partial charge in [-0.25, -0.2) is 4.98 Å². The minimum absolute atomic E-state index is 1.09. The van der Waals surface area contributed by atoms with Gasteiger partial charge in [0.05, 0.1) is 5.69 Å². The first-order valence-corrected chi connectivity index (χ1v) is 8.04. The van der Waals surface area contributed by atoms with Crippen molar-refractivity contribution in [1.29, 1.82) is 0 Å². The van der Waals surface area contributed by atoms with E-state index < -0.39 is 0 Å². The van der Waals surface area contributed by atoms with Crippen LogP contribution in [-0.4, -0.2) is 4.98 Å². The molecule has 0 bridgehead atoms. The van der Waals surface area contributed by atoms with Gasteiger partial charge < -0.3 is 0 Å². The summed E-state index contributed by atoms with van der Waals surface area (Å²) in [6, 6.07) is 12.8. The van der Waals surface area contributed by atoms with Crippen LogP contribution in [0.2, 0.25) is 0 Å². The van der Waals surface area contributed by atoms with Gasteiger partial charge in [-0.1, -0.05) is 36.4 Å². The van der Waals surface area contributed by atoms with Crippen LogP contribution in [-0.2, 0) is 0 Å². The van der Waals surface area contributed by atoms with E-state index in [2.05, 4.69) is 69.5 Å². The fourth-order valence-electron chi connectivity index (χ4n) is 2.87. The lowest BCUT2D eigenvalue weighted by atomic mass is 10.0. The van der Waals surface area contributed by atoms with Crippen LogP contribution in [0.25, 0.3) is 21.8 Å². The molecule has 1 heterocycles. The predicted octanol–water partition coefficient (Wildman–Crippen LogP) is 5.71. The van der Waals surface area contributed by atoms with Gasteiger partial charge in [-0.3, -0.25) is 0 Å². The molecule has 3 rings (SSSR count). The first-order chi connectivity index (χ1) is 10.1. The van der Waals surface area contributed by atoms with Gasteiger partial charge in [0.25, 0.3) is 0 Å². The van der Waals surface area contributed by atoms with Crippen molar-refractivity contribution in [3.63, 3.8) is 0 Å². The maximum Gasteiger partial charge on any atom is 0.124 e. The topological polar surface area (TPSA) is 12.9 Å². The van der Waals surface area contributed by atoms with Gasteiger partial charge in [0.1, 0.15) is 5.01 Å². The Labute approximate surface area is 130 Å². The minimum Gasteiger partial charge on any atom is -0.236 e. The summed E-state index contributed by atoms with van der Waals surface area (Å²) in [5.74, 6) is 0. The molecule has 0 saturated carbocycles. The van der Waals surface area contributed by atoms with E-state index in [1.54, 1.807) is 11.3 Å². The van der Waals surface area contributed by atoms with Gasteiger partial charge >= 0.3 is 0 Å². The van der Waals surface area contributed by atoms with Gasteiger partial charge in [0, 0.05) is 16.5 Å². The molecule has 106 valence electrons. The Morgan fingerprint density at radius 2 is 1.19 bits per heavy atom. The molecule has 0 N–H and O–H groups in total. The highest BCUT2D eigenvalue weighted by atomic mass is 32.1. The third-order valence-corrected chi connectivity index (χ3v) is 4.80. The van der Waals surface area contributed by atoms with E-state index >= 15 is 0 Å². The van der Waals surface area contributed by atoms with E-state index in [1.807, 2.05) is 0 Å². The highest BCUT2D eigenvalue weighted by Crippen LogP contribution is 2.34. The van der Waals surface area contributed by atoms with Gasteiger partial charge in [-0.05, 0) is 49.9 Å². The number of aryl methyl sites for hydroxylation is 4. The van der Waals surface area contributed by atoms with Crippen LogP contribution in [0.15, 0.2) is 41.8 Å². The Morgan fingerprint density at radius 1 is 0.714 bits per heavy atom. The number of benzene rings is 2. The number of aromatic nitrogens is 1. The third kappa shape index (κ3) is 2.52. The summed E-state index contributed by atoms with van der Waals surface area (Å²) in [4.78, 5) is 4.91. The number of hydrogen-bond donors (Lipinski definition) is 0. The van der Waals surface area contributed by atoms with Crippen LogP contribution in [0, 0.1) is 27.7 Å². The summed E-state index contributed by atoms with van der Waals surface area (Å²) < 4.78 is 0. The van der Waals surface area contributed by atoms with Crippen molar-refractivity contribution < 1.29 is 0 Å². The maximum absolute atomic E-state index is 4.91. The molecule has 0 fully saturated rings. The van der Waals surface area contributed by atoms with E-state index in [4.69, 9.17) is 4.98 Å². The largest absolute Gasteiger partial charge is 0.236 e. The molecule has 0 aliphatic rings. The zero-order valence-corrected chi connectivity index (χ0v) is 13.7. The zero-order valence-electron chi connectivity index (χ0n) is 12.9. The second kappa shape index (κ2) is 5.45. The lowest BCUT2D eigenvalue weighted by molar-refractivity contribution is 1.30. The number of rotatable bonds is 2. The maximum atomic E-state index is 4.91. The lowest BCUT2D eigenvalue weighted by Gasteiger charge is -2.07. The van der Waals surface area contributed by atoms with Crippen LogP contribution in [0.4, 0.5) is 0 Å². The Hall–Kier alpha value is -1.93. The van der Waals surface area contributed by atoms with Crippen LogP contribution < -0.4 is 0 Å². The first-order valence-electron chi connectivity index (χ1n) is 7.16. The van der Waals surface area contributed by atoms with Gasteiger partial charge in [-0.15, -0.1) is 11.3 Å². The molecule has 0 aliphatic carbocycles. The average Bonchev–Trinajstić information content (AvgIpc) is 2.87. The summed E-state index contributed by atoms with van der Waals surface area (Å²) in [5, 5.41) is 3.29. The molecule has 21 heavy (non-hydrogen) atoms. The van der Waals surface area contributed by atoms with E-state index in [0.717, 1.165) is 10.7 Å². The average molecular weight is 293 g/mol. The summed E-state index contributed by atoms with van der Waals surface area (Å²) in [6.07, 6.45) is 0. The molecular formula is C19H19NS. The highest BCUT2D eigenvalue weighted by Gasteiger charge is 2.13. The van der Waals surface area contributed by atoms with Crippen molar-refractivity contribution in [2.75, 3.05) is 0 Å². The van der Waals surface area contributed by atoms with Crippen molar-refractivity contribution in [2.45, 2.75) is 27.7 Å². The number of hydrogen-bond acceptors (Lipinski definition) is 2. The first kappa shape index (κ1) is 14.0. The molecule has 0 radical (unpaired) electrons. The molecular weight excluding hydrogens is 274 g/mol. The number of nitrogens with zero attached hydrogens (tertiary/aromatic N) is 1. The predicted molar refractivity (Wildman–Crippen MR) is 91.9 cm³/mol. The molecule has 0 unspecified atom stereocenters. The molecule has 1 aromatic heterocycles. The molecule has 3 aromatic rings. The molecule has 0 spiro atoms. The van der Waals surface area contributed by atoms with Crippen molar-refractivity contribution in [2.24, 2.45) is 0 Å².